The summed E-state index contributed by atoms with van der Waals surface area (Å²) in [5.41, 5.74) is 2.33. The fraction of sp³-hybridized carbons (Fsp3) is 0.444. The van der Waals surface area contributed by atoms with Crippen LogP contribution in [-0.4, -0.2) is 24.4 Å². The van der Waals surface area contributed by atoms with Crippen LogP contribution >= 0.6 is 0 Å². The van der Waals surface area contributed by atoms with E-state index in [-0.39, 0.29) is 6.61 Å². The Morgan fingerprint density at radius 3 is 2.77 bits per heavy atom. The average molecular weight is 303 g/mol. The second-order valence-electron chi connectivity index (χ2n) is 5.87. The van der Waals surface area contributed by atoms with E-state index in [1.165, 1.54) is 5.56 Å². The first-order valence-corrected chi connectivity index (χ1v) is 7.70. The van der Waals surface area contributed by atoms with Crippen molar-refractivity contribution in [1.29, 1.82) is 0 Å². The molecule has 120 valence electrons. The normalized spacial score (nSPS) is 12.6. The highest BCUT2D eigenvalue weighted by Crippen LogP contribution is 2.27. The van der Waals surface area contributed by atoms with Gasteiger partial charge in [0.05, 0.1) is 12.8 Å². The van der Waals surface area contributed by atoms with Gasteiger partial charge in [-0.25, -0.2) is 0 Å². The van der Waals surface area contributed by atoms with Gasteiger partial charge in [0.15, 0.2) is 0 Å². The van der Waals surface area contributed by atoms with Crippen LogP contribution in [0.1, 0.15) is 36.7 Å². The van der Waals surface area contributed by atoms with Gasteiger partial charge in [-0.15, -0.1) is 0 Å². The van der Waals surface area contributed by atoms with E-state index >= 15 is 0 Å². The molecule has 0 radical (unpaired) electrons. The van der Waals surface area contributed by atoms with Crippen LogP contribution < -0.4 is 10.1 Å². The van der Waals surface area contributed by atoms with Gasteiger partial charge >= 0.3 is 0 Å². The standard InChI is InChI=1S/C18H25NO3/c1-13(2)17-7-6-14(3)9-18(17)22-12-15(20)10-19-11-16-5-4-8-21-16/h4-9,13,15,19-20H,10-12H2,1-3H3. The van der Waals surface area contributed by atoms with Crippen LogP contribution in [0.2, 0.25) is 0 Å². The second-order valence-corrected chi connectivity index (χ2v) is 5.87. The Hall–Kier alpha value is -1.78. The Kier molecular flexibility index (Phi) is 6.04. The number of nitrogens with one attached hydrogen (secondary N) is 1. The molecular formula is C18H25NO3. The van der Waals surface area contributed by atoms with E-state index in [4.69, 9.17) is 9.15 Å². The summed E-state index contributed by atoms with van der Waals surface area (Å²) in [5.74, 6) is 2.11. The number of furan rings is 1. The predicted octanol–water partition coefficient (Wildman–Crippen LogP) is 3.24. The summed E-state index contributed by atoms with van der Waals surface area (Å²) in [6, 6.07) is 9.96. The lowest BCUT2D eigenvalue weighted by atomic mass is 10.0. The highest BCUT2D eigenvalue weighted by molar-refractivity contribution is 5.39. The molecule has 2 aromatic rings. The van der Waals surface area contributed by atoms with Crippen molar-refractivity contribution in [3.05, 3.63) is 53.5 Å². The van der Waals surface area contributed by atoms with E-state index in [1.54, 1.807) is 6.26 Å². The summed E-state index contributed by atoms with van der Waals surface area (Å²) in [6.45, 7) is 7.65. The molecule has 0 amide bonds. The van der Waals surface area contributed by atoms with Gasteiger partial charge in [-0.3, -0.25) is 0 Å². The molecule has 1 unspecified atom stereocenters. The Balaban J connectivity index is 1.80. The average Bonchev–Trinajstić information content (AvgIpc) is 2.98. The highest BCUT2D eigenvalue weighted by Gasteiger charge is 2.11. The van der Waals surface area contributed by atoms with Crippen molar-refractivity contribution in [3.63, 3.8) is 0 Å². The number of hydrogen-bond donors (Lipinski definition) is 2. The zero-order chi connectivity index (χ0) is 15.9. The van der Waals surface area contributed by atoms with Gasteiger partial charge in [0.25, 0.3) is 0 Å². The van der Waals surface area contributed by atoms with Gasteiger partial charge in [0, 0.05) is 6.54 Å². The lowest BCUT2D eigenvalue weighted by Crippen LogP contribution is -2.31. The zero-order valence-electron chi connectivity index (χ0n) is 13.5. The summed E-state index contributed by atoms with van der Waals surface area (Å²) in [4.78, 5) is 0. The van der Waals surface area contributed by atoms with Gasteiger partial charge in [0.1, 0.15) is 24.2 Å². The van der Waals surface area contributed by atoms with Crippen molar-refractivity contribution >= 4 is 0 Å². The van der Waals surface area contributed by atoms with Gasteiger partial charge in [-0.05, 0) is 42.2 Å². The minimum atomic E-state index is -0.560. The van der Waals surface area contributed by atoms with E-state index < -0.39 is 6.10 Å². The molecule has 4 nitrogen and oxygen atoms in total. The van der Waals surface area contributed by atoms with Gasteiger partial charge in [-0.2, -0.15) is 0 Å². The summed E-state index contributed by atoms with van der Waals surface area (Å²) in [7, 11) is 0. The molecule has 0 fully saturated rings. The third kappa shape index (κ3) is 4.90. The molecule has 0 aliphatic heterocycles. The number of hydrogen-bond acceptors (Lipinski definition) is 4. The van der Waals surface area contributed by atoms with Gasteiger partial charge < -0.3 is 19.6 Å². The molecule has 1 aromatic heterocycles. The van der Waals surface area contributed by atoms with E-state index in [2.05, 4.69) is 31.3 Å². The fourth-order valence-electron chi connectivity index (χ4n) is 2.26. The van der Waals surface area contributed by atoms with Crippen molar-refractivity contribution in [1.82, 2.24) is 5.32 Å². The number of benzene rings is 1. The Bertz CT molecular complexity index is 564. The SMILES string of the molecule is Cc1ccc(C(C)C)c(OCC(O)CNCc2ccco2)c1. The van der Waals surface area contributed by atoms with Crippen LogP contribution in [0.5, 0.6) is 5.75 Å². The molecule has 1 atom stereocenters. The van der Waals surface area contributed by atoms with E-state index in [9.17, 15) is 5.11 Å². The Morgan fingerprint density at radius 1 is 1.27 bits per heavy atom. The molecule has 4 heteroatoms. The minimum absolute atomic E-state index is 0.272. The number of ether oxygens (including phenoxy) is 1. The summed E-state index contributed by atoms with van der Waals surface area (Å²) >= 11 is 0. The number of aliphatic hydroxyl groups is 1. The second kappa shape index (κ2) is 8.01. The van der Waals surface area contributed by atoms with Crippen molar-refractivity contribution < 1.29 is 14.3 Å². The quantitative estimate of drug-likeness (QED) is 0.786. The topological polar surface area (TPSA) is 54.6 Å². The molecule has 2 rings (SSSR count). The summed E-state index contributed by atoms with van der Waals surface area (Å²) in [5, 5.41) is 13.2. The predicted molar refractivity (Wildman–Crippen MR) is 87.2 cm³/mol. The van der Waals surface area contributed by atoms with E-state index in [0.29, 0.717) is 19.0 Å². The Morgan fingerprint density at radius 2 is 2.09 bits per heavy atom. The van der Waals surface area contributed by atoms with Crippen molar-refractivity contribution in [2.24, 2.45) is 0 Å². The maximum atomic E-state index is 10.0. The molecule has 0 spiro atoms. The van der Waals surface area contributed by atoms with Gasteiger partial charge in [0.2, 0.25) is 0 Å². The van der Waals surface area contributed by atoms with Crippen molar-refractivity contribution in [3.8, 4) is 5.75 Å². The third-order valence-electron chi connectivity index (χ3n) is 3.48. The van der Waals surface area contributed by atoms with Crippen molar-refractivity contribution in [2.45, 2.75) is 39.3 Å². The summed E-state index contributed by atoms with van der Waals surface area (Å²) < 4.78 is 11.0. The largest absolute Gasteiger partial charge is 0.491 e. The highest BCUT2D eigenvalue weighted by atomic mass is 16.5. The molecule has 22 heavy (non-hydrogen) atoms. The lowest BCUT2D eigenvalue weighted by Gasteiger charge is -2.17. The van der Waals surface area contributed by atoms with Crippen LogP contribution in [-0.2, 0) is 6.54 Å². The maximum Gasteiger partial charge on any atom is 0.123 e. The number of aryl methyl sites for hydroxylation is 1. The molecule has 0 bridgehead atoms. The molecule has 0 aliphatic carbocycles. The molecule has 0 saturated heterocycles. The van der Waals surface area contributed by atoms with Crippen LogP contribution in [0.15, 0.2) is 41.0 Å². The number of aliphatic hydroxyl groups excluding tert-OH is 1. The third-order valence-corrected chi connectivity index (χ3v) is 3.48. The smallest absolute Gasteiger partial charge is 0.123 e. The molecule has 0 saturated carbocycles. The fourth-order valence-corrected chi connectivity index (χ4v) is 2.26. The van der Waals surface area contributed by atoms with Crippen LogP contribution in [0.4, 0.5) is 0 Å². The van der Waals surface area contributed by atoms with E-state index in [1.807, 2.05) is 25.1 Å². The maximum absolute atomic E-state index is 10.0. The Labute approximate surface area is 132 Å². The summed E-state index contributed by atoms with van der Waals surface area (Å²) in [6.07, 6.45) is 1.08. The van der Waals surface area contributed by atoms with E-state index in [0.717, 1.165) is 17.1 Å². The molecule has 1 heterocycles. The minimum Gasteiger partial charge on any atom is -0.491 e. The van der Waals surface area contributed by atoms with Gasteiger partial charge in [-0.1, -0.05) is 26.0 Å². The van der Waals surface area contributed by atoms with Crippen LogP contribution in [0, 0.1) is 6.92 Å². The molecule has 2 N–H and O–H groups in total. The first kappa shape index (κ1) is 16.6. The first-order chi connectivity index (χ1) is 10.6. The molecule has 0 aliphatic rings. The number of rotatable bonds is 8. The monoisotopic (exact) mass is 303 g/mol. The lowest BCUT2D eigenvalue weighted by molar-refractivity contribution is 0.105. The first-order valence-electron chi connectivity index (χ1n) is 7.70. The molecule has 1 aromatic carbocycles. The molecular weight excluding hydrogens is 278 g/mol. The van der Waals surface area contributed by atoms with Crippen LogP contribution in [0.3, 0.4) is 0 Å². The van der Waals surface area contributed by atoms with Crippen molar-refractivity contribution in [2.75, 3.05) is 13.2 Å². The zero-order valence-corrected chi connectivity index (χ0v) is 13.5. The van der Waals surface area contributed by atoms with Crippen LogP contribution in [0.25, 0.3) is 0 Å².